The van der Waals surface area contributed by atoms with E-state index in [9.17, 15) is 0 Å². The zero-order valence-electron chi connectivity index (χ0n) is 10.3. The van der Waals surface area contributed by atoms with Crippen LogP contribution in [0.1, 0.15) is 12.0 Å². The Labute approximate surface area is 102 Å². The number of nitrogens with zero attached hydrogens (tertiary/aromatic N) is 1. The van der Waals surface area contributed by atoms with Gasteiger partial charge in [-0.1, -0.05) is 0 Å². The monoisotopic (exact) mass is 236 g/mol. The summed E-state index contributed by atoms with van der Waals surface area (Å²) in [7, 11) is 1.69. The van der Waals surface area contributed by atoms with Gasteiger partial charge < -0.3 is 15.2 Å². The first-order valence-electron chi connectivity index (χ1n) is 6.05. The minimum absolute atomic E-state index is 0.738. The second-order valence-corrected chi connectivity index (χ2v) is 4.24. The third kappa shape index (κ3) is 3.11. The Morgan fingerprint density at radius 3 is 3.12 bits per heavy atom. The molecule has 4 nitrogen and oxygen atoms in total. The van der Waals surface area contributed by atoms with E-state index in [1.165, 1.54) is 5.56 Å². The second kappa shape index (κ2) is 5.89. The van der Waals surface area contributed by atoms with Crippen molar-refractivity contribution in [3.05, 3.63) is 23.8 Å². The normalized spacial score (nSPS) is 15.9. The molecule has 0 aromatic heterocycles. The van der Waals surface area contributed by atoms with Crippen molar-refractivity contribution in [2.24, 2.45) is 5.73 Å². The number of nitrogens with two attached hydrogens (primary N) is 1. The lowest BCUT2D eigenvalue weighted by molar-refractivity contribution is 0.225. The van der Waals surface area contributed by atoms with E-state index < -0.39 is 0 Å². The smallest absolute Gasteiger partial charge is 0.124 e. The molecule has 0 spiro atoms. The Hall–Kier alpha value is -1.26. The van der Waals surface area contributed by atoms with Crippen LogP contribution in [0.5, 0.6) is 11.5 Å². The van der Waals surface area contributed by atoms with Gasteiger partial charge in [-0.2, -0.15) is 0 Å². The highest BCUT2D eigenvalue weighted by Crippen LogP contribution is 2.27. The number of methoxy groups -OCH3 is 1. The first-order valence-corrected chi connectivity index (χ1v) is 6.05. The summed E-state index contributed by atoms with van der Waals surface area (Å²) in [4.78, 5) is 2.37. The zero-order valence-corrected chi connectivity index (χ0v) is 10.3. The standard InChI is InChI=1S/C13H20N2O2/c1-16-12-3-4-13-11(9-12)10-15(6-2-5-14)7-8-17-13/h3-4,9H,2,5-8,10,14H2,1H3. The first-order chi connectivity index (χ1) is 8.33. The molecule has 0 amide bonds. The predicted octanol–water partition coefficient (Wildman–Crippen LogP) is 1.24. The van der Waals surface area contributed by atoms with Crippen LogP contribution in [0.3, 0.4) is 0 Å². The topological polar surface area (TPSA) is 47.7 Å². The van der Waals surface area contributed by atoms with Gasteiger partial charge in [-0.25, -0.2) is 0 Å². The molecule has 0 bridgehead atoms. The van der Waals surface area contributed by atoms with Crippen molar-refractivity contribution in [2.45, 2.75) is 13.0 Å². The van der Waals surface area contributed by atoms with Crippen LogP contribution in [0, 0.1) is 0 Å². The highest BCUT2D eigenvalue weighted by atomic mass is 16.5. The first kappa shape index (κ1) is 12.2. The van der Waals surface area contributed by atoms with Crippen LogP contribution in [-0.4, -0.2) is 38.3 Å². The largest absolute Gasteiger partial charge is 0.497 e. The summed E-state index contributed by atoms with van der Waals surface area (Å²) in [5, 5.41) is 0. The van der Waals surface area contributed by atoms with Crippen molar-refractivity contribution >= 4 is 0 Å². The van der Waals surface area contributed by atoms with E-state index in [2.05, 4.69) is 11.0 Å². The van der Waals surface area contributed by atoms with Gasteiger partial charge in [0.25, 0.3) is 0 Å². The molecule has 1 aromatic rings. The molecule has 0 fully saturated rings. The molecule has 1 heterocycles. The molecule has 0 aliphatic carbocycles. The molecule has 4 heteroatoms. The molecule has 2 rings (SSSR count). The van der Waals surface area contributed by atoms with Gasteiger partial charge >= 0.3 is 0 Å². The fourth-order valence-corrected chi connectivity index (χ4v) is 2.06. The van der Waals surface area contributed by atoms with Gasteiger partial charge in [0.15, 0.2) is 0 Å². The van der Waals surface area contributed by atoms with Crippen molar-refractivity contribution in [3.63, 3.8) is 0 Å². The van der Waals surface area contributed by atoms with Crippen LogP contribution in [0.15, 0.2) is 18.2 Å². The Kier molecular flexibility index (Phi) is 4.23. The lowest BCUT2D eigenvalue weighted by atomic mass is 10.1. The van der Waals surface area contributed by atoms with Crippen molar-refractivity contribution in [2.75, 3.05) is 33.4 Å². The van der Waals surface area contributed by atoms with E-state index in [4.69, 9.17) is 15.2 Å². The van der Waals surface area contributed by atoms with Gasteiger partial charge in [0.1, 0.15) is 18.1 Å². The summed E-state index contributed by atoms with van der Waals surface area (Å²) in [5.41, 5.74) is 6.74. The molecule has 0 saturated carbocycles. The maximum atomic E-state index is 5.73. The zero-order chi connectivity index (χ0) is 12.1. The molecule has 0 unspecified atom stereocenters. The second-order valence-electron chi connectivity index (χ2n) is 4.24. The van der Waals surface area contributed by atoms with Gasteiger partial charge in [-0.15, -0.1) is 0 Å². The van der Waals surface area contributed by atoms with E-state index in [0.717, 1.165) is 50.7 Å². The minimum Gasteiger partial charge on any atom is -0.497 e. The van der Waals surface area contributed by atoms with Crippen LogP contribution >= 0.6 is 0 Å². The van der Waals surface area contributed by atoms with E-state index in [0.29, 0.717) is 0 Å². The Balaban J connectivity index is 2.11. The quantitative estimate of drug-likeness (QED) is 0.854. The highest BCUT2D eigenvalue weighted by molar-refractivity contribution is 5.40. The van der Waals surface area contributed by atoms with Crippen LogP contribution < -0.4 is 15.2 Å². The summed E-state index contributed by atoms with van der Waals surface area (Å²) < 4.78 is 11.0. The van der Waals surface area contributed by atoms with E-state index in [1.54, 1.807) is 7.11 Å². The summed E-state index contributed by atoms with van der Waals surface area (Å²) in [6.07, 6.45) is 1.03. The molecule has 2 N–H and O–H groups in total. The van der Waals surface area contributed by atoms with Crippen molar-refractivity contribution in [1.82, 2.24) is 4.90 Å². The third-order valence-corrected chi connectivity index (χ3v) is 3.01. The molecule has 1 aliphatic heterocycles. The highest BCUT2D eigenvalue weighted by Gasteiger charge is 2.15. The number of rotatable bonds is 4. The van der Waals surface area contributed by atoms with E-state index in [1.807, 2.05) is 12.1 Å². The van der Waals surface area contributed by atoms with Crippen LogP contribution in [0.2, 0.25) is 0 Å². The predicted molar refractivity (Wildman–Crippen MR) is 67.4 cm³/mol. The number of benzene rings is 1. The minimum atomic E-state index is 0.738. The Bertz CT molecular complexity index is 366. The molecule has 1 aliphatic rings. The summed E-state index contributed by atoms with van der Waals surface area (Å²) in [6.45, 7) is 4.37. The molecule has 1 aromatic carbocycles. The van der Waals surface area contributed by atoms with Crippen molar-refractivity contribution < 1.29 is 9.47 Å². The Morgan fingerprint density at radius 1 is 1.47 bits per heavy atom. The fourth-order valence-electron chi connectivity index (χ4n) is 2.06. The van der Waals surface area contributed by atoms with Crippen LogP contribution in [-0.2, 0) is 6.54 Å². The lowest BCUT2D eigenvalue weighted by Gasteiger charge is -2.18. The third-order valence-electron chi connectivity index (χ3n) is 3.01. The fraction of sp³-hybridized carbons (Fsp3) is 0.538. The van der Waals surface area contributed by atoms with E-state index >= 15 is 0 Å². The van der Waals surface area contributed by atoms with Gasteiger partial charge in [-0.3, -0.25) is 4.90 Å². The Morgan fingerprint density at radius 2 is 2.35 bits per heavy atom. The molecule has 0 radical (unpaired) electrons. The summed E-state index contributed by atoms with van der Waals surface area (Å²) in [5.74, 6) is 1.86. The number of hydrogen-bond acceptors (Lipinski definition) is 4. The average molecular weight is 236 g/mol. The number of fused-ring (bicyclic) bond motifs is 1. The maximum Gasteiger partial charge on any atom is 0.124 e. The van der Waals surface area contributed by atoms with Crippen molar-refractivity contribution in [3.8, 4) is 11.5 Å². The van der Waals surface area contributed by atoms with Crippen LogP contribution in [0.25, 0.3) is 0 Å². The van der Waals surface area contributed by atoms with Gasteiger partial charge in [0.2, 0.25) is 0 Å². The lowest BCUT2D eigenvalue weighted by Crippen LogP contribution is -2.28. The van der Waals surface area contributed by atoms with Crippen LogP contribution in [0.4, 0.5) is 0 Å². The molecule has 17 heavy (non-hydrogen) atoms. The summed E-state index contributed by atoms with van der Waals surface area (Å²) in [6, 6.07) is 5.98. The molecule has 0 atom stereocenters. The molecular weight excluding hydrogens is 216 g/mol. The molecule has 0 saturated heterocycles. The van der Waals surface area contributed by atoms with Gasteiger partial charge in [0, 0.05) is 18.7 Å². The average Bonchev–Trinajstić information content (AvgIpc) is 2.56. The molecule has 94 valence electrons. The SMILES string of the molecule is COc1ccc2c(c1)CN(CCCN)CCO2. The van der Waals surface area contributed by atoms with Gasteiger partial charge in [-0.05, 0) is 37.7 Å². The van der Waals surface area contributed by atoms with E-state index in [-0.39, 0.29) is 0 Å². The maximum absolute atomic E-state index is 5.73. The van der Waals surface area contributed by atoms with Crippen molar-refractivity contribution in [1.29, 1.82) is 0 Å². The van der Waals surface area contributed by atoms with Gasteiger partial charge in [0.05, 0.1) is 7.11 Å². The molecular formula is C13H20N2O2. The number of hydrogen-bond donors (Lipinski definition) is 1. The summed E-state index contributed by atoms with van der Waals surface area (Å²) >= 11 is 0. The number of ether oxygens (including phenoxy) is 2.